The molecule has 8 nitrogen and oxygen atoms in total. The third-order valence-electron chi connectivity index (χ3n) is 7.38. The molecule has 4 rings (SSSR count). The number of carbonyl (C=O) groups is 2. The number of benzene rings is 2. The van der Waals surface area contributed by atoms with Gasteiger partial charge >= 0.3 is 0 Å². The maximum absolute atomic E-state index is 13.4. The lowest BCUT2D eigenvalue weighted by atomic mass is 10.00. The standard InChI is InChI=1S/C35H43N5O3S/c1-24(2)13-14-27-15-28(19-36-18-27)20-37-21-32(41)31(16-26-9-6-5-7-10-26)39-34(42)29-11-8-12-30(17-29)35(43)40(4)22-33-38-25(3)23-44-33/h5-12,15,17-19,23-24,31-32,37,41H,13-14,16,20-22H2,1-4H3,(H,39,42)/t31-,32+/m0/s1. The van der Waals surface area contributed by atoms with Gasteiger partial charge in [-0.25, -0.2) is 4.98 Å². The number of aliphatic hydroxyl groups excluding tert-OH is 1. The highest BCUT2D eigenvalue weighted by atomic mass is 32.1. The third-order valence-corrected chi connectivity index (χ3v) is 8.33. The Labute approximate surface area is 264 Å². The Kier molecular flexibility index (Phi) is 12.2. The van der Waals surface area contributed by atoms with Crippen LogP contribution in [0.4, 0.5) is 0 Å². The van der Waals surface area contributed by atoms with E-state index in [1.807, 2.05) is 55.0 Å². The average Bonchev–Trinajstić information content (AvgIpc) is 3.44. The smallest absolute Gasteiger partial charge is 0.253 e. The fourth-order valence-electron chi connectivity index (χ4n) is 4.90. The number of nitrogens with zero attached hydrogens (tertiary/aromatic N) is 3. The molecule has 0 aliphatic rings. The molecule has 2 heterocycles. The van der Waals surface area contributed by atoms with Crippen molar-refractivity contribution in [3.8, 4) is 0 Å². The van der Waals surface area contributed by atoms with Gasteiger partial charge in [0.05, 0.1) is 18.7 Å². The highest BCUT2D eigenvalue weighted by Crippen LogP contribution is 2.15. The van der Waals surface area contributed by atoms with Crippen molar-refractivity contribution in [3.63, 3.8) is 0 Å². The van der Waals surface area contributed by atoms with Gasteiger partial charge in [0.2, 0.25) is 0 Å². The van der Waals surface area contributed by atoms with Crippen molar-refractivity contribution < 1.29 is 14.7 Å². The molecule has 44 heavy (non-hydrogen) atoms. The van der Waals surface area contributed by atoms with Crippen molar-refractivity contribution in [1.29, 1.82) is 0 Å². The van der Waals surface area contributed by atoms with Crippen LogP contribution in [-0.2, 0) is 25.9 Å². The molecule has 2 aromatic heterocycles. The largest absolute Gasteiger partial charge is 0.390 e. The number of aliphatic hydroxyl groups is 1. The van der Waals surface area contributed by atoms with Crippen LogP contribution >= 0.6 is 11.3 Å². The first-order valence-corrected chi connectivity index (χ1v) is 16.0. The number of hydrogen-bond donors (Lipinski definition) is 3. The lowest BCUT2D eigenvalue weighted by Gasteiger charge is -2.25. The topological polar surface area (TPSA) is 107 Å². The fourth-order valence-corrected chi connectivity index (χ4v) is 5.73. The normalized spacial score (nSPS) is 12.6. The molecule has 4 aromatic rings. The summed E-state index contributed by atoms with van der Waals surface area (Å²) in [5.74, 6) is 0.0894. The van der Waals surface area contributed by atoms with Crippen LogP contribution in [0.1, 0.15) is 68.4 Å². The predicted molar refractivity (Wildman–Crippen MR) is 176 cm³/mol. The molecule has 0 saturated carbocycles. The molecule has 0 fully saturated rings. The third kappa shape index (κ3) is 10.1. The molecule has 0 saturated heterocycles. The maximum Gasteiger partial charge on any atom is 0.253 e. The van der Waals surface area contributed by atoms with Crippen LogP contribution < -0.4 is 10.6 Å². The molecule has 0 spiro atoms. The maximum atomic E-state index is 13.4. The SMILES string of the molecule is Cc1csc(CN(C)C(=O)c2cccc(C(=O)N[C@@H](Cc3ccccc3)[C@H](O)CNCc3cncc(CCC(C)C)c3)c2)n1. The van der Waals surface area contributed by atoms with E-state index < -0.39 is 12.1 Å². The Morgan fingerprint density at radius 3 is 2.45 bits per heavy atom. The van der Waals surface area contributed by atoms with E-state index >= 15 is 0 Å². The predicted octanol–water partition coefficient (Wildman–Crippen LogP) is 5.20. The van der Waals surface area contributed by atoms with Gasteiger partial charge in [0.15, 0.2) is 0 Å². The Bertz CT molecular complexity index is 1510. The van der Waals surface area contributed by atoms with E-state index in [0.29, 0.717) is 36.6 Å². The molecule has 232 valence electrons. The van der Waals surface area contributed by atoms with E-state index in [9.17, 15) is 14.7 Å². The van der Waals surface area contributed by atoms with Crippen LogP contribution in [0.2, 0.25) is 0 Å². The molecule has 0 unspecified atom stereocenters. The molecule has 0 aliphatic heterocycles. The van der Waals surface area contributed by atoms with Crippen LogP contribution in [0.5, 0.6) is 0 Å². The Balaban J connectivity index is 1.40. The summed E-state index contributed by atoms with van der Waals surface area (Å²) in [4.78, 5) is 37.0. The molecule has 3 N–H and O–H groups in total. The minimum Gasteiger partial charge on any atom is -0.390 e. The van der Waals surface area contributed by atoms with Crippen LogP contribution in [0.15, 0.2) is 78.4 Å². The number of carbonyl (C=O) groups excluding carboxylic acids is 2. The van der Waals surface area contributed by atoms with Gasteiger partial charge in [-0.15, -0.1) is 11.3 Å². The minimum atomic E-state index is -0.853. The molecule has 0 radical (unpaired) electrons. The van der Waals surface area contributed by atoms with E-state index in [1.54, 1.807) is 36.2 Å². The number of hydrogen-bond acceptors (Lipinski definition) is 7. The molecule has 9 heteroatoms. The fraction of sp³-hybridized carbons (Fsp3) is 0.371. The summed E-state index contributed by atoms with van der Waals surface area (Å²) < 4.78 is 0. The molecule has 2 aromatic carbocycles. The van der Waals surface area contributed by atoms with Crippen LogP contribution in [-0.4, -0.2) is 57.5 Å². The summed E-state index contributed by atoms with van der Waals surface area (Å²) in [5, 5.41) is 20.4. The molecule has 2 atom stereocenters. The zero-order valence-electron chi connectivity index (χ0n) is 26.0. The van der Waals surface area contributed by atoms with Gasteiger partial charge in [0.1, 0.15) is 5.01 Å². The summed E-state index contributed by atoms with van der Waals surface area (Å²) in [6.07, 6.45) is 5.45. The summed E-state index contributed by atoms with van der Waals surface area (Å²) in [6.45, 7) is 7.59. The number of thiazole rings is 1. The van der Waals surface area contributed by atoms with Gasteiger partial charge in [0, 0.05) is 54.7 Å². The van der Waals surface area contributed by atoms with Crippen LogP contribution in [0.25, 0.3) is 0 Å². The van der Waals surface area contributed by atoms with Crippen molar-refractivity contribution in [2.45, 2.75) is 65.3 Å². The average molecular weight is 614 g/mol. The Hall–Kier alpha value is -3.92. The van der Waals surface area contributed by atoms with Gasteiger partial charge < -0.3 is 20.6 Å². The summed E-state index contributed by atoms with van der Waals surface area (Å²) in [5.41, 5.74) is 4.96. The summed E-state index contributed by atoms with van der Waals surface area (Å²) >= 11 is 1.52. The second kappa shape index (κ2) is 16.2. The van der Waals surface area contributed by atoms with Crippen molar-refractivity contribution >= 4 is 23.2 Å². The van der Waals surface area contributed by atoms with E-state index in [2.05, 4.69) is 40.5 Å². The number of rotatable bonds is 15. The van der Waals surface area contributed by atoms with E-state index in [-0.39, 0.29) is 18.4 Å². The highest BCUT2D eigenvalue weighted by Gasteiger charge is 2.23. The lowest BCUT2D eigenvalue weighted by Crippen LogP contribution is -2.48. The molecule has 0 bridgehead atoms. The number of nitrogens with one attached hydrogen (secondary N) is 2. The molecular weight excluding hydrogens is 570 g/mol. The minimum absolute atomic E-state index is 0.194. The quantitative estimate of drug-likeness (QED) is 0.170. The Morgan fingerprint density at radius 2 is 1.73 bits per heavy atom. The van der Waals surface area contributed by atoms with E-state index in [0.717, 1.165) is 34.7 Å². The Morgan fingerprint density at radius 1 is 0.977 bits per heavy atom. The van der Waals surface area contributed by atoms with Crippen molar-refractivity contribution in [2.75, 3.05) is 13.6 Å². The number of aryl methyl sites for hydroxylation is 2. The van der Waals surface area contributed by atoms with Crippen LogP contribution in [0, 0.1) is 12.8 Å². The summed E-state index contributed by atoms with van der Waals surface area (Å²) in [6, 6.07) is 18.1. The van der Waals surface area contributed by atoms with Crippen LogP contribution in [0.3, 0.4) is 0 Å². The molecule has 2 amide bonds. The summed E-state index contributed by atoms with van der Waals surface area (Å²) in [7, 11) is 1.73. The van der Waals surface area contributed by atoms with E-state index in [4.69, 9.17) is 0 Å². The monoisotopic (exact) mass is 613 g/mol. The van der Waals surface area contributed by atoms with Gasteiger partial charge in [-0.2, -0.15) is 0 Å². The van der Waals surface area contributed by atoms with Crippen molar-refractivity contribution in [3.05, 3.63) is 117 Å². The molecule has 0 aliphatic carbocycles. The first-order valence-electron chi connectivity index (χ1n) is 15.1. The lowest BCUT2D eigenvalue weighted by molar-refractivity contribution is 0.0784. The van der Waals surface area contributed by atoms with Gasteiger partial charge in [0.25, 0.3) is 11.8 Å². The highest BCUT2D eigenvalue weighted by molar-refractivity contribution is 7.09. The zero-order valence-corrected chi connectivity index (χ0v) is 26.8. The van der Waals surface area contributed by atoms with Crippen molar-refractivity contribution in [1.82, 2.24) is 25.5 Å². The number of aromatic nitrogens is 2. The van der Waals surface area contributed by atoms with Gasteiger partial charge in [-0.05, 0) is 67.0 Å². The van der Waals surface area contributed by atoms with Gasteiger partial charge in [-0.3, -0.25) is 14.6 Å². The molecular formula is C35H43N5O3S. The van der Waals surface area contributed by atoms with Crippen molar-refractivity contribution in [2.24, 2.45) is 5.92 Å². The first-order chi connectivity index (χ1) is 21.2. The number of pyridine rings is 1. The van der Waals surface area contributed by atoms with Gasteiger partial charge in [-0.1, -0.05) is 56.3 Å². The second-order valence-electron chi connectivity index (χ2n) is 11.7. The second-order valence-corrected chi connectivity index (χ2v) is 12.7. The number of amides is 2. The first kappa shape index (κ1) is 33.0. The van der Waals surface area contributed by atoms with E-state index in [1.165, 1.54) is 16.9 Å². The zero-order chi connectivity index (χ0) is 31.5.